The zero-order chi connectivity index (χ0) is 21.1. The lowest BCUT2D eigenvalue weighted by atomic mass is 10.2. The van der Waals surface area contributed by atoms with E-state index in [1.54, 1.807) is 30.3 Å². The molecule has 0 radical (unpaired) electrons. The SMILES string of the molecule is COc1ccc(Cl)cc1N1CCC(NC(=O)c2cnn(Cc3ccccc3Cl)c2)C1. The van der Waals surface area contributed by atoms with Crippen molar-refractivity contribution in [2.24, 2.45) is 0 Å². The van der Waals surface area contributed by atoms with Crippen molar-refractivity contribution in [2.45, 2.75) is 19.0 Å². The summed E-state index contributed by atoms with van der Waals surface area (Å²) in [5, 5.41) is 8.74. The molecule has 2 heterocycles. The molecule has 1 amide bonds. The van der Waals surface area contributed by atoms with E-state index in [9.17, 15) is 4.79 Å². The zero-order valence-corrected chi connectivity index (χ0v) is 18.0. The van der Waals surface area contributed by atoms with Crippen LogP contribution in [0, 0.1) is 0 Å². The molecule has 1 saturated heterocycles. The number of halogens is 2. The first-order valence-corrected chi connectivity index (χ1v) is 10.4. The fourth-order valence-electron chi connectivity index (χ4n) is 3.64. The molecule has 1 fully saturated rings. The average Bonchev–Trinajstić information content (AvgIpc) is 3.39. The molecule has 0 bridgehead atoms. The Morgan fingerprint density at radius 1 is 1.27 bits per heavy atom. The molecule has 1 aromatic heterocycles. The van der Waals surface area contributed by atoms with Gasteiger partial charge in [-0.15, -0.1) is 0 Å². The molecule has 1 aliphatic heterocycles. The molecule has 1 atom stereocenters. The lowest BCUT2D eigenvalue weighted by Crippen LogP contribution is -2.37. The molecule has 0 saturated carbocycles. The molecule has 30 heavy (non-hydrogen) atoms. The fourth-order valence-corrected chi connectivity index (χ4v) is 4.01. The largest absolute Gasteiger partial charge is 0.495 e. The summed E-state index contributed by atoms with van der Waals surface area (Å²) in [7, 11) is 1.64. The summed E-state index contributed by atoms with van der Waals surface area (Å²) in [5.41, 5.74) is 2.42. The van der Waals surface area contributed by atoms with Gasteiger partial charge in [0.2, 0.25) is 0 Å². The number of hydrogen-bond acceptors (Lipinski definition) is 4. The molecular formula is C22H22Cl2N4O2. The van der Waals surface area contributed by atoms with E-state index in [1.165, 1.54) is 0 Å². The number of aromatic nitrogens is 2. The molecule has 8 heteroatoms. The second-order valence-electron chi connectivity index (χ2n) is 7.24. The van der Waals surface area contributed by atoms with Gasteiger partial charge in [-0.3, -0.25) is 9.48 Å². The maximum absolute atomic E-state index is 12.7. The maximum Gasteiger partial charge on any atom is 0.254 e. The van der Waals surface area contributed by atoms with E-state index in [2.05, 4.69) is 15.3 Å². The highest BCUT2D eigenvalue weighted by Crippen LogP contribution is 2.33. The van der Waals surface area contributed by atoms with Gasteiger partial charge in [-0.2, -0.15) is 5.10 Å². The molecule has 4 rings (SSSR count). The summed E-state index contributed by atoms with van der Waals surface area (Å²) in [6.07, 6.45) is 4.17. The molecule has 0 spiro atoms. The Balaban J connectivity index is 1.38. The van der Waals surface area contributed by atoms with Crippen LogP contribution in [0.4, 0.5) is 5.69 Å². The quantitative estimate of drug-likeness (QED) is 0.616. The number of amides is 1. The van der Waals surface area contributed by atoms with Crippen molar-refractivity contribution < 1.29 is 9.53 Å². The van der Waals surface area contributed by atoms with Gasteiger partial charge < -0.3 is 15.0 Å². The van der Waals surface area contributed by atoms with Crippen LogP contribution in [0.25, 0.3) is 0 Å². The first-order chi connectivity index (χ1) is 14.5. The molecule has 1 unspecified atom stereocenters. The summed E-state index contributed by atoms with van der Waals surface area (Å²) < 4.78 is 7.17. The van der Waals surface area contributed by atoms with E-state index < -0.39 is 0 Å². The summed E-state index contributed by atoms with van der Waals surface area (Å²) in [6.45, 7) is 2.02. The highest BCUT2D eigenvalue weighted by molar-refractivity contribution is 6.31. The molecule has 6 nitrogen and oxygen atoms in total. The number of benzene rings is 2. The highest BCUT2D eigenvalue weighted by Gasteiger charge is 2.26. The third kappa shape index (κ3) is 4.55. The molecule has 2 aromatic carbocycles. The van der Waals surface area contributed by atoms with Gasteiger partial charge in [0.25, 0.3) is 5.91 Å². The van der Waals surface area contributed by atoms with Gasteiger partial charge in [0.05, 0.1) is 31.1 Å². The van der Waals surface area contributed by atoms with Crippen molar-refractivity contribution in [3.8, 4) is 5.75 Å². The topological polar surface area (TPSA) is 59.4 Å². The van der Waals surface area contributed by atoms with E-state index in [0.29, 0.717) is 28.7 Å². The van der Waals surface area contributed by atoms with Crippen LogP contribution in [0.2, 0.25) is 10.0 Å². The van der Waals surface area contributed by atoms with Gasteiger partial charge in [0.15, 0.2) is 0 Å². The Morgan fingerprint density at radius 3 is 2.90 bits per heavy atom. The van der Waals surface area contributed by atoms with E-state index in [1.807, 2.05) is 36.4 Å². The lowest BCUT2D eigenvalue weighted by Gasteiger charge is -2.21. The van der Waals surface area contributed by atoms with E-state index in [4.69, 9.17) is 27.9 Å². The van der Waals surface area contributed by atoms with Crippen LogP contribution in [0.1, 0.15) is 22.3 Å². The summed E-state index contributed by atoms with van der Waals surface area (Å²) in [4.78, 5) is 14.9. The molecule has 156 valence electrons. The van der Waals surface area contributed by atoms with Crippen molar-refractivity contribution in [3.05, 3.63) is 76.0 Å². The number of nitrogens with one attached hydrogen (secondary N) is 1. The van der Waals surface area contributed by atoms with Crippen molar-refractivity contribution >= 4 is 34.8 Å². The second-order valence-corrected chi connectivity index (χ2v) is 8.08. The van der Waals surface area contributed by atoms with Gasteiger partial charge in [0.1, 0.15) is 5.75 Å². The Hall–Kier alpha value is -2.70. The van der Waals surface area contributed by atoms with Crippen molar-refractivity contribution in [1.29, 1.82) is 0 Å². The number of carbonyl (C=O) groups is 1. The van der Waals surface area contributed by atoms with Crippen molar-refractivity contribution in [3.63, 3.8) is 0 Å². The summed E-state index contributed by atoms with van der Waals surface area (Å²) in [6, 6.07) is 13.2. The van der Waals surface area contributed by atoms with E-state index >= 15 is 0 Å². The van der Waals surface area contributed by atoms with Crippen LogP contribution in [-0.2, 0) is 6.54 Å². The Labute approximate surface area is 185 Å². The Bertz CT molecular complexity index is 1050. The van der Waals surface area contributed by atoms with Crippen LogP contribution >= 0.6 is 23.2 Å². The molecule has 1 aliphatic rings. The second kappa shape index (κ2) is 8.98. The fraction of sp³-hybridized carbons (Fsp3) is 0.273. The minimum atomic E-state index is -0.134. The van der Waals surface area contributed by atoms with Gasteiger partial charge in [-0.25, -0.2) is 0 Å². The van der Waals surface area contributed by atoms with Gasteiger partial charge >= 0.3 is 0 Å². The van der Waals surface area contributed by atoms with Crippen LogP contribution in [0.5, 0.6) is 5.75 Å². The van der Waals surface area contributed by atoms with Gasteiger partial charge in [-0.05, 0) is 36.2 Å². The van der Waals surface area contributed by atoms with Gasteiger partial charge in [0, 0.05) is 35.4 Å². The highest BCUT2D eigenvalue weighted by atomic mass is 35.5. The minimum absolute atomic E-state index is 0.0353. The summed E-state index contributed by atoms with van der Waals surface area (Å²) >= 11 is 12.4. The Morgan fingerprint density at radius 2 is 2.10 bits per heavy atom. The predicted octanol–water partition coefficient (Wildman–Crippen LogP) is 4.26. The number of ether oxygens (including phenoxy) is 1. The average molecular weight is 445 g/mol. The van der Waals surface area contributed by atoms with Crippen molar-refractivity contribution in [2.75, 3.05) is 25.1 Å². The number of methoxy groups -OCH3 is 1. The third-order valence-electron chi connectivity index (χ3n) is 5.19. The van der Waals surface area contributed by atoms with Gasteiger partial charge in [-0.1, -0.05) is 41.4 Å². The van der Waals surface area contributed by atoms with Crippen molar-refractivity contribution in [1.82, 2.24) is 15.1 Å². The van der Waals surface area contributed by atoms with Crippen LogP contribution in [0.3, 0.4) is 0 Å². The first-order valence-electron chi connectivity index (χ1n) is 9.68. The molecule has 3 aromatic rings. The monoisotopic (exact) mass is 444 g/mol. The zero-order valence-electron chi connectivity index (χ0n) is 16.5. The Kier molecular flexibility index (Phi) is 6.16. The number of nitrogens with zero attached hydrogens (tertiary/aromatic N) is 3. The number of hydrogen-bond donors (Lipinski definition) is 1. The number of anilines is 1. The van der Waals surface area contributed by atoms with E-state index in [-0.39, 0.29) is 11.9 Å². The normalized spacial score (nSPS) is 16.0. The molecular weight excluding hydrogens is 423 g/mol. The summed E-state index contributed by atoms with van der Waals surface area (Å²) in [5.74, 6) is 0.637. The third-order valence-corrected chi connectivity index (χ3v) is 5.79. The molecule has 1 N–H and O–H groups in total. The maximum atomic E-state index is 12.7. The van der Waals surface area contributed by atoms with Crippen LogP contribution < -0.4 is 15.0 Å². The van der Waals surface area contributed by atoms with Crippen LogP contribution in [-0.4, -0.2) is 41.9 Å². The number of carbonyl (C=O) groups excluding carboxylic acids is 1. The lowest BCUT2D eigenvalue weighted by molar-refractivity contribution is 0.0940. The minimum Gasteiger partial charge on any atom is -0.495 e. The first kappa shape index (κ1) is 20.6. The standard InChI is InChI=1S/C22H22Cl2N4O2/c1-30-21-7-6-17(23)10-20(21)27-9-8-18(14-27)26-22(29)16-11-25-28(13-16)12-15-4-2-3-5-19(15)24/h2-7,10-11,13,18H,8-9,12,14H2,1H3,(H,26,29). The predicted molar refractivity (Wildman–Crippen MR) is 119 cm³/mol. The number of rotatable bonds is 6. The smallest absolute Gasteiger partial charge is 0.254 e. The van der Waals surface area contributed by atoms with E-state index in [0.717, 1.165) is 30.0 Å². The van der Waals surface area contributed by atoms with Crippen LogP contribution in [0.15, 0.2) is 54.9 Å². The molecule has 0 aliphatic carbocycles.